The van der Waals surface area contributed by atoms with Crippen LogP contribution < -0.4 is 10.9 Å². The summed E-state index contributed by atoms with van der Waals surface area (Å²) in [6, 6.07) is 16.0. The molecule has 4 rings (SSSR count). The number of nitrogens with one attached hydrogen (secondary N) is 1. The lowest BCUT2D eigenvalue weighted by molar-refractivity contribution is 0.0938. The first-order valence-corrected chi connectivity index (χ1v) is 9.89. The number of ketones is 1. The number of aromatic nitrogens is 1. The van der Waals surface area contributed by atoms with Crippen LogP contribution in [-0.2, 0) is 6.42 Å². The monoisotopic (exact) mass is 404 g/mol. The van der Waals surface area contributed by atoms with E-state index in [-0.39, 0.29) is 17.4 Å². The summed E-state index contributed by atoms with van der Waals surface area (Å²) in [5.41, 5.74) is 1.65. The molecule has 152 valence electrons. The molecule has 5 nitrogen and oxygen atoms in total. The lowest BCUT2D eigenvalue weighted by Gasteiger charge is -2.22. The van der Waals surface area contributed by atoms with Crippen LogP contribution in [0.3, 0.4) is 0 Å². The van der Waals surface area contributed by atoms with Crippen LogP contribution in [0.4, 0.5) is 4.39 Å². The van der Waals surface area contributed by atoms with E-state index in [0.29, 0.717) is 36.2 Å². The Morgan fingerprint density at radius 1 is 1.03 bits per heavy atom. The van der Waals surface area contributed by atoms with Gasteiger partial charge in [-0.25, -0.2) is 4.39 Å². The summed E-state index contributed by atoms with van der Waals surface area (Å²) >= 11 is 0. The van der Waals surface area contributed by atoms with Crippen molar-refractivity contribution in [1.82, 2.24) is 9.88 Å². The van der Waals surface area contributed by atoms with Gasteiger partial charge in [0.15, 0.2) is 5.78 Å². The molecule has 0 fully saturated rings. The van der Waals surface area contributed by atoms with Crippen LogP contribution in [0.5, 0.6) is 0 Å². The number of Topliss-reactive ketones (excluding diaryl/α,β-unsaturated/α-hetero) is 1. The van der Waals surface area contributed by atoms with Gasteiger partial charge >= 0.3 is 0 Å². The van der Waals surface area contributed by atoms with Gasteiger partial charge in [-0.2, -0.15) is 0 Å². The Bertz CT molecular complexity index is 1170. The first-order chi connectivity index (χ1) is 14.5. The molecule has 1 N–H and O–H groups in total. The fraction of sp³-hybridized carbons (Fsp3) is 0.208. The molecule has 30 heavy (non-hydrogen) atoms. The number of nitrogens with zero attached hydrogens (tertiary/aromatic N) is 1. The predicted molar refractivity (Wildman–Crippen MR) is 112 cm³/mol. The van der Waals surface area contributed by atoms with Gasteiger partial charge in [0.25, 0.3) is 11.5 Å². The SMILES string of the molecule is CC(NC(=O)c1cc2c(n(-c3ccc(F)cc3)c1=O)CCCC2=O)c1ccccc1. The highest BCUT2D eigenvalue weighted by Crippen LogP contribution is 2.24. The molecule has 1 heterocycles. The van der Waals surface area contributed by atoms with Crippen LogP contribution in [0.25, 0.3) is 5.69 Å². The molecule has 1 aliphatic carbocycles. The number of halogens is 1. The van der Waals surface area contributed by atoms with Crippen LogP contribution in [-0.4, -0.2) is 16.3 Å². The zero-order chi connectivity index (χ0) is 21.3. The standard InChI is InChI=1S/C24H21FN2O3/c1-15(16-6-3-2-4-7-16)26-23(29)20-14-19-21(8-5-9-22(19)28)27(24(20)30)18-12-10-17(25)11-13-18/h2-4,6-7,10-15H,5,8-9H2,1H3,(H,26,29). The summed E-state index contributed by atoms with van der Waals surface area (Å²) < 4.78 is 14.8. The van der Waals surface area contributed by atoms with Crippen molar-refractivity contribution < 1.29 is 14.0 Å². The fourth-order valence-corrected chi connectivity index (χ4v) is 3.82. The number of amides is 1. The Morgan fingerprint density at radius 3 is 2.43 bits per heavy atom. The smallest absolute Gasteiger partial charge is 0.268 e. The van der Waals surface area contributed by atoms with Crippen molar-refractivity contribution in [1.29, 1.82) is 0 Å². The van der Waals surface area contributed by atoms with E-state index in [1.54, 1.807) is 0 Å². The van der Waals surface area contributed by atoms with Crippen LogP contribution in [0.2, 0.25) is 0 Å². The zero-order valence-corrected chi connectivity index (χ0v) is 16.5. The van der Waals surface area contributed by atoms with Crippen molar-refractivity contribution in [3.8, 4) is 5.69 Å². The topological polar surface area (TPSA) is 68.2 Å². The minimum atomic E-state index is -0.548. The normalized spacial score (nSPS) is 14.1. The molecule has 0 bridgehead atoms. The van der Waals surface area contributed by atoms with Crippen molar-refractivity contribution in [3.05, 3.63) is 99.2 Å². The first kappa shape index (κ1) is 19.8. The third-order valence-corrected chi connectivity index (χ3v) is 5.40. The van der Waals surface area contributed by atoms with Gasteiger partial charge < -0.3 is 5.32 Å². The number of benzene rings is 2. The van der Waals surface area contributed by atoms with Crippen molar-refractivity contribution in [3.63, 3.8) is 0 Å². The van der Waals surface area contributed by atoms with Gasteiger partial charge in [-0.05, 0) is 55.7 Å². The lowest BCUT2D eigenvalue weighted by atomic mass is 9.92. The van der Waals surface area contributed by atoms with Gasteiger partial charge in [-0.3, -0.25) is 19.0 Å². The van der Waals surface area contributed by atoms with Crippen LogP contribution in [0.15, 0.2) is 65.5 Å². The summed E-state index contributed by atoms with van der Waals surface area (Å²) in [4.78, 5) is 38.8. The molecule has 0 saturated heterocycles. The molecule has 1 aromatic heterocycles. The molecule has 2 aromatic carbocycles. The average molecular weight is 404 g/mol. The number of pyridine rings is 1. The van der Waals surface area contributed by atoms with E-state index in [9.17, 15) is 18.8 Å². The number of fused-ring (bicyclic) bond motifs is 1. The molecular weight excluding hydrogens is 383 g/mol. The first-order valence-electron chi connectivity index (χ1n) is 9.89. The molecule has 6 heteroatoms. The van der Waals surface area contributed by atoms with Gasteiger partial charge in [-0.1, -0.05) is 30.3 Å². The molecule has 0 radical (unpaired) electrons. The molecule has 3 aromatic rings. The number of carbonyl (C=O) groups excluding carboxylic acids is 2. The summed E-state index contributed by atoms with van der Waals surface area (Å²) in [6.45, 7) is 1.83. The zero-order valence-electron chi connectivity index (χ0n) is 16.5. The van der Waals surface area contributed by atoms with E-state index >= 15 is 0 Å². The van der Waals surface area contributed by atoms with Gasteiger partial charge in [0.1, 0.15) is 11.4 Å². The maximum absolute atomic E-state index is 13.4. The largest absolute Gasteiger partial charge is 0.345 e. The van der Waals surface area contributed by atoms with E-state index in [0.717, 1.165) is 5.56 Å². The van der Waals surface area contributed by atoms with E-state index in [1.807, 2.05) is 37.3 Å². The van der Waals surface area contributed by atoms with Gasteiger partial charge in [0.05, 0.1) is 6.04 Å². The van der Waals surface area contributed by atoms with E-state index in [4.69, 9.17) is 0 Å². The van der Waals surface area contributed by atoms with Crippen molar-refractivity contribution >= 4 is 11.7 Å². The molecule has 1 unspecified atom stereocenters. The maximum atomic E-state index is 13.4. The van der Waals surface area contributed by atoms with Crippen LogP contribution in [0, 0.1) is 5.82 Å². The summed E-state index contributed by atoms with van der Waals surface area (Å²) in [5, 5.41) is 2.84. The number of hydrogen-bond donors (Lipinski definition) is 1. The highest BCUT2D eigenvalue weighted by molar-refractivity contribution is 6.02. The Labute approximate surface area is 173 Å². The maximum Gasteiger partial charge on any atom is 0.268 e. The van der Waals surface area contributed by atoms with E-state index < -0.39 is 17.3 Å². The second-order valence-corrected chi connectivity index (χ2v) is 7.42. The van der Waals surface area contributed by atoms with Crippen molar-refractivity contribution in [2.75, 3.05) is 0 Å². The second kappa shape index (κ2) is 8.06. The Kier molecular flexibility index (Phi) is 5.31. The molecule has 0 saturated carbocycles. The van der Waals surface area contributed by atoms with Crippen molar-refractivity contribution in [2.24, 2.45) is 0 Å². The summed E-state index contributed by atoms with van der Waals surface area (Å²) in [6.07, 6.45) is 1.54. The second-order valence-electron chi connectivity index (χ2n) is 7.42. The minimum Gasteiger partial charge on any atom is -0.345 e. The molecule has 1 atom stereocenters. The highest BCUT2D eigenvalue weighted by Gasteiger charge is 2.26. The third kappa shape index (κ3) is 3.68. The van der Waals surface area contributed by atoms with E-state index in [1.165, 1.54) is 34.9 Å². The van der Waals surface area contributed by atoms with Crippen LogP contribution in [0.1, 0.15) is 57.8 Å². The summed E-state index contributed by atoms with van der Waals surface area (Å²) in [5.74, 6) is -1.08. The molecule has 1 amide bonds. The molecule has 0 aliphatic heterocycles. The molecule has 0 spiro atoms. The Balaban J connectivity index is 1.80. The Hall–Kier alpha value is -3.54. The summed E-state index contributed by atoms with van der Waals surface area (Å²) in [7, 11) is 0. The third-order valence-electron chi connectivity index (χ3n) is 5.40. The molecule has 1 aliphatic rings. The highest BCUT2D eigenvalue weighted by atomic mass is 19.1. The van der Waals surface area contributed by atoms with Gasteiger partial charge in [0.2, 0.25) is 0 Å². The van der Waals surface area contributed by atoms with Crippen LogP contribution >= 0.6 is 0 Å². The number of rotatable bonds is 4. The number of hydrogen-bond acceptors (Lipinski definition) is 3. The lowest BCUT2D eigenvalue weighted by Crippen LogP contribution is -2.37. The fourth-order valence-electron chi connectivity index (χ4n) is 3.82. The minimum absolute atomic E-state index is 0.0998. The van der Waals surface area contributed by atoms with Gasteiger partial charge in [0, 0.05) is 23.4 Å². The predicted octanol–water partition coefficient (Wildman–Crippen LogP) is 3.99. The molecular formula is C24H21FN2O3. The van der Waals surface area contributed by atoms with E-state index in [2.05, 4.69) is 5.32 Å². The van der Waals surface area contributed by atoms with Gasteiger partial charge in [-0.15, -0.1) is 0 Å². The van der Waals surface area contributed by atoms with Crippen molar-refractivity contribution in [2.45, 2.75) is 32.2 Å². The Morgan fingerprint density at radius 2 is 1.73 bits per heavy atom. The number of carbonyl (C=O) groups is 2. The average Bonchev–Trinajstić information content (AvgIpc) is 2.75. The quantitative estimate of drug-likeness (QED) is 0.715.